The first-order valence-electron chi connectivity index (χ1n) is 16.7. The number of benzene rings is 2. The van der Waals surface area contributed by atoms with E-state index in [-0.39, 0.29) is 60.1 Å². The molecular weight excluding hydrogens is 641 g/mol. The number of phenolic OH excluding ortho intramolecular Hbond substituents is 1. The van der Waals surface area contributed by atoms with Gasteiger partial charge in [-0.2, -0.15) is 5.10 Å². The van der Waals surface area contributed by atoms with E-state index in [1.807, 2.05) is 55.1 Å². The van der Waals surface area contributed by atoms with Crippen LogP contribution in [0.3, 0.4) is 0 Å². The van der Waals surface area contributed by atoms with E-state index in [0.29, 0.717) is 42.6 Å². The smallest absolute Gasteiger partial charge is 0.271 e. The van der Waals surface area contributed by atoms with Crippen LogP contribution < -0.4 is 16.0 Å². The molecule has 0 aliphatic carbocycles. The maximum atomic E-state index is 13.8. The van der Waals surface area contributed by atoms with Crippen molar-refractivity contribution in [2.24, 2.45) is 11.8 Å². The molecule has 4 aromatic rings. The van der Waals surface area contributed by atoms with Gasteiger partial charge in [0, 0.05) is 24.5 Å². The summed E-state index contributed by atoms with van der Waals surface area (Å²) in [5.41, 5.74) is 2.07. The summed E-state index contributed by atoms with van der Waals surface area (Å²) < 4.78 is 1.56. The number of rotatable bonds is 7. The number of hydrogen-bond donors (Lipinski definition) is 4. The Morgan fingerprint density at radius 1 is 0.898 bits per heavy atom. The Hall–Kier alpha value is -4.62. The highest BCUT2D eigenvalue weighted by atomic mass is 32.1. The van der Waals surface area contributed by atoms with Crippen molar-refractivity contribution >= 4 is 29.1 Å². The summed E-state index contributed by atoms with van der Waals surface area (Å²) in [4.78, 5) is 52.5. The van der Waals surface area contributed by atoms with Gasteiger partial charge < -0.3 is 21.1 Å². The average Bonchev–Trinajstić information content (AvgIpc) is 3.67. The third-order valence-electron chi connectivity index (χ3n) is 8.38. The van der Waals surface area contributed by atoms with Crippen LogP contribution in [0.2, 0.25) is 0 Å². The van der Waals surface area contributed by atoms with E-state index in [0.717, 1.165) is 11.1 Å². The lowest BCUT2D eigenvalue weighted by atomic mass is 10.0. The largest absolute Gasteiger partial charge is 0.508 e. The van der Waals surface area contributed by atoms with Crippen LogP contribution in [0.1, 0.15) is 84.5 Å². The molecule has 0 unspecified atom stereocenters. The first-order valence-corrected chi connectivity index (χ1v) is 17.6. The summed E-state index contributed by atoms with van der Waals surface area (Å²) in [7, 11) is 0. The summed E-state index contributed by atoms with van der Waals surface area (Å²) in [6.45, 7) is 10.7. The molecule has 3 atom stereocenters. The second-order valence-electron chi connectivity index (χ2n) is 13.5. The van der Waals surface area contributed by atoms with Crippen molar-refractivity contribution in [3.8, 4) is 5.75 Å². The summed E-state index contributed by atoms with van der Waals surface area (Å²) in [5, 5.41) is 26.5. The van der Waals surface area contributed by atoms with Crippen LogP contribution >= 0.6 is 11.3 Å². The van der Waals surface area contributed by atoms with Crippen molar-refractivity contribution in [2.75, 3.05) is 13.1 Å². The van der Waals surface area contributed by atoms with Crippen LogP contribution in [0, 0.1) is 18.8 Å². The van der Waals surface area contributed by atoms with Gasteiger partial charge in [0.05, 0.1) is 18.6 Å². The Kier molecular flexibility index (Phi) is 11.8. The Labute approximate surface area is 291 Å². The van der Waals surface area contributed by atoms with E-state index < -0.39 is 12.1 Å². The molecule has 0 saturated carbocycles. The van der Waals surface area contributed by atoms with Gasteiger partial charge in [0.1, 0.15) is 28.8 Å². The van der Waals surface area contributed by atoms with Crippen LogP contribution in [0.5, 0.6) is 5.75 Å². The fourth-order valence-electron chi connectivity index (χ4n) is 6.01. The SMILES string of the molecule is Cc1nc2n(n1)CC(=O)N[C@@H](C(C)C)CN(Cc1cccc(O)c1)CC(=O)N[C@@H](CC(C)C)c1nc(cs1)C(=O)N[C@H]2Cc1ccccc1. The Morgan fingerprint density at radius 2 is 1.63 bits per heavy atom. The third-order valence-corrected chi connectivity index (χ3v) is 9.34. The van der Waals surface area contributed by atoms with Crippen molar-refractivity contribution in [3.63, 3.8) is 0 Å². The molecule has 2 aromatic heterocycles. The standard InChI is InChI=1S/C36H46N8O4S/c1-22(2)14-29-36-41-31(21-49-36)35(48)40-28(16-25-10-7-6-8-11-25)34-37-24(5)42-44(34)20-33(47)39-30(23(3)4)18-43(19-32(46)38-29)17-26-12-9-13-27(45)15-26/h6-13,15,21-23,28-30,45H,14,16-20H2,1-5H3,(H,38,46)(H,39,47)(H,40,48)/t28-,29-,30+/m0/s1. The topological polar surface area (TPSA) is 154 Å². The fourth-order valence-corrected chi connectivity index (χ4v) is 6.87. The summed E-state index contributed by atoms with van der Waals surface area (Å²) >= 11 is 1.34. The minimum atomic E-state index is -0.599. The molecule has 0 saturated heterocycles. The Bertz CT molecular complexity index is 1740. The summed E-state index contributed by atoms with van der Waals surface area (Å²) in [6.07, 6.45) is 1.06. The lowest BCUT2D eigenvalue weighted by Gasteiger charge is -2.31. The summed E-state index contributed by atoms with van der Waals surface area (Å²) in [5.74, 6) is 0.530. The molecule has 2 aromatic carbocycles. The number of aromatic nitrogens is 4. The predicted octanol–water partition coefficient (Wildman–Crippen LogP) is 4.32. The van der Waals surface area contributed by atoms with Crippen LogP contribution in [-0.2, 0) is 29.1 Å². The molecule has 5 rings (SSSR count). The van der Waals surface area contributed by atoms with E-state index in [1.165, 1.54) is 11.3 Å². The molecule has 260 valence electrons. The zero-order chi connectivity index (χ0) is 35.1. The van der Waals surface area contributed by atoms with Crippen LogP contribution in [0.15, 0.2) is 60.0 Å². The third kappa shape index (κ3) is 9.96. The lowest BCUT2D eigenvalue weighted by molar-refractivity contribution is -0.123. The minimum absolute atomic E-state index is 0.0359. The van der Waals surface area contributed by atoms with E-state index >= 15 is 0 Å². The number of carbonyl (C=O) groups is 3. The van der Waals surface area contributed by atoms with Gasteiger partial charge in [-0.1, -0.05) is 70.2 Å². The number of nitrogens with one attached hydrogen (secondary N) is 3. The maximum absolute atomic E-state index is 13.8. The average molecular weight is 687 g/mol. The van der Waals surface area contributed by atoms with E-state index in [9.17, 15) is 19.5 Å². The summed E-state index contributed by atoms with van der Waals surface area (Å²) in [6, 6.07) is 15.4. The van der Waals surface area contributed by atoms with Gasteiger partial charge in [-0.05, 0) is 54.9 Å². The number of phenols is 1. The number of hydrogen-bond acceptors (Lipinski definition) is 9. The number of fused-ring (bicyclic) bond motifs is 3. The van der Waals surface area contributed by atoms with Crippen LogP contribution in [-0.4, -0.2) is 66.6 Å². The molecule has 2 bridgehead atoms. The van der Waals surface area contributed by atoms with Gasteiger partial charge in [0.15, 0.2) is 5.82 Å². The molecular formula is C36H46N8O4S. The van der Waals surface area contributed by atoms with Crippen molar-refractivity contribution in [1.29, 1.82) is 0 Å². The highest BCUT2D eigenvalue weighted by Gasteiger charge is 2.29. The number of carbonyl (C=O) groups excluding carboxylic acids is 3. The Morgan fingerprint density at radius 3 is 2.35 bits per heavy atom. The van der Waals surface area contributed by atoms with E-state index in [4.69, 9.17) is 4.98 Å². The van der Waals surface area contributed by atoms with E-state index in [2.05, 4.69) is 39.9 Å². The van der Waals surface area contributed by atoms with Gasteiger partial charge >= 0.3 is 0 Å². The van der Waals surface area contributed by atoms with Crippen LogP contribution in [0.25, 0.3) is 0 Å². The number of nitrogens with zero attached hydrogens (tertiary/aromatic N) is 5. The zero-order valence-electron chi connectivity index (χ0n) is 28.7. The second-order valence-corrected chi connectivity index (χ2v) is 14.4. The van der Waals surface area contributed by atoms with E-state index in [1.54, 1.807) is 35.2 Å². The van der Waals surface area contributed by atoms with Crippen molar-refractivity contribution in [1.82, 2.24) is 40.6 Å². The molecule has 12 nitrogen and oxygen atoms in total. The first kappa shape index (κ1) is 35.7. The molecule has 1 aliphatic rings. The van der Waals surface area contributed by atoms with Crippen molar-refractivity contribution in [2.45, 2.75) is 78.7 Å². The van der Waals surface area contributed by atoms with Gasteiger partial charge in [-0.15, -0.1) is 11.3 Å². The Balaban J connectivity index is 1.53. The normalized spacial score (nSPS) is 19.9. The molecule has 3 amide bonds. The van der Waals surface area contributed by atoms with Crippen LogP contribution in [0.4, 0.5) is 0 Å². The molecule has 49 heavy (non-hydrogen) atoms. The fraction of sp³-hybridized carbons (Fsp3) is 0.444. The molecule has 0 fully saturated rings. The zero-order valence-corrected chi connectivity index (χ0v) is 29.5. The number of aryl methyl sites for hydroxylation is 1. The van der Waals surface area contributed by atoms with Crippen molar-refractivity contribution < 1.29 is 19.5 Å². The maximum Gasteiger partial charge on any atom is 0.271 e. The van der Waals surface area contributed by atoms with Crippen molar-refractivity contribution in [3.05, 3.63) is 93.5 Å². The lowest BCUT2D eigenvalue weighted by Crippen LogP contribution is -2.50. The number of amides is 3. The van der Waals surface area contributed by atoms with Gasteiger partial charge in [-0.3, -0.25) is 19.3 Å². The minimum Gasteiger partial charge on any atom is -0.508 e. The quantitative estimate of drug-likeness (QED) is 0.224. The molecule has 4 N–H and O–H groups in total. The molecule has 1 aliphatic heterocycles. The van der Waals surface area contributed by atoms with Gasteiger partial charge in [0.2, 0.25) is 11.8 Å². The highest BCUT2D eigenvalue weighted by molar-refractivity contribution is 7.09. The number of thiazole rings is 1. The van der Waals surface area contributed by atoms with Gasteiger partial charge in [-0.25, -0.2) is 14.6 Å². The molecule has 0 spiro atoms. The predicted molar refractivity (Wildman–Crippen MR) is 188 cm³/mol. The van der Waals surface area contributed by atoms with Gasteiger partial charge in [0.25, 0.3) is 5.91 Å². The molecule has 0 radical (unpaired) electrons. The second kappa shape index (κ2) is 16.2. The molecule has 13 heteroatoms. The monoisotopic (exact) mass is 686 g/mol. The number of aromatic hydroxyl groups is 1. The first-order chi connectivity index (χ1) is 23.4. The highest BCUT2D eigenvalue weighted by Crippen LogP contribution is 2.26. The molecule has 3 heterocycles.